The minimum Gasteiger partial charge on any atom is -0.502 e. The van der Waals surface area contributed by atoms with Crippen molar-refractivity contribution in [2.24, 2.45) is 0 Å². The molecule has 6 heteroatoms. The van der Waals surface area contributed by atoms with Gasteiger partial charge in [-0.05, 0) is 31.9 Å². The maximum atomic E-state index is 12.5. The Morgan fingerprint density at radius 3 is 2.57 bits per heavy atom. The minimum atomic E-state index is -0.674. The predicted octanol–water partition coefficient (Wildman–Crippen LogP) is 3.34. The highest BCUT2D eigenvalue weighted by molar-refractivity contribution is 5.95. The number of unbranched alkanes of at least 4 members (excludes halogenated alkanes) is 1. The van der Waals surface area contributed by atoms with Crippen molar-refractivity contribution in [2.45, 2.75) is 46.1 Å². The largest absolute Gasteiger partial charge is 0.502 e. The predicted molar refractivity (Wildman–Crippen MR) is 80.5 cm³/mol. The highest BCUT2D eigenvalue weighted by atomic mass is 16.6. The van der Waals surface area contributed by atoms with Gasteiger partial charge in [0.1, 0.15) is 0 Å². The molecule has 0 fully saturated rings. The first kappa shape index (κ1) is 16.9. The summed E-state index contributed by atoms with van der Waals surface area (Å²) in [6.07, 6.45) is 2.70. The minimum absolute atomic E-state index is 0.0846. The van der Waals surface area contributed by atoms with Crippen LogP contribution in [0, 0.1) is 10.1 Å². The van der Waals surface area contributed by atoms with Gasteiger partial charge in [0.2, 0.25) is 0 Å². The molecule has 0 radical (unpaired) electrons. The van der Waals surface area contributed by atoms with Gasteiger partial charge < -0.3 is 10.0 Å². The average molecular weight is 294 g/mol. The monoisotopic (exact) mass is 294 g/mol. The van der Waals surface area contributed by atoms with Crippen LogP contribution < -0.4 is 0 Å². The molecule has 0 heterocycles. The second kappa shape index (κ2) is 7.61. The Balaban J connectivity index is 3.03. The van der Waals surface area contributed by atoms with Crippen molar-refractivity contribution in [3.8, 4) is 5.75 Å². The molecule has 1 N–H and O–H groups in total. The number of nitro benzene ring substituents is 1. The number of phenolic OH excluding ortho intramolecular Hbond substituents is 1. The molecule has 0 saturated heterocycles. The fourth-order valence-electron chi connectivity index (χ4n) is 2.05. The number of phenols is 1. The molecule has 0 aliphatic heterocycles. The number of amides is 1. The van der Waals surface area contributed by atoms with E-state index in [1.165, 1.54) is 12.1 Å². The number of hydrogen-bond donors (Lipinski definition) is 1. The summed E-state index contributed by atoms with van der Waals surface area (Å²) in [6.45, 7) is 6.67. The van der Waals surface area contributed by atoms with Gasteiger partial charge in [-0.15, -0.1) is 0 Å². The molecule has 1 amide bonds. The van der Waals surface area contributed by atoms with E-state index in [1.54, 1.807) is 4.90 Å². The molecular formula is C15H22N2O4. The van der Waals surface area contributed by atoms with Crippen LogP contribution in [0.25, 0.3) is 0 Å². The highest BCUT2D eigenvalue weighted by Crippen LogP contribution is 2.27. The lowest BCUT2D eigenvalue weighted by atomic mass is 10.1. The summed E-state index contributed by atoms with van der Waals surface area (Å²) in [5.74, 6) is -0.687. The molecule has 1 rings (SSSR count). The molecule has 6 nitrogen and oxygen atoms in total. The van der Waals surface area contributed by atoms with Gasteiger partial charge in [-0.3, -0.25) is 14.9 Å². The van der Waals surface area contributed by atoms with E-state index < -0.39 is 16.4 Å². The van der Waals surface area contributed by atoms with Crippen molar-refractivity contribution in [2.75, 3.05) is 6.54 Å². The molecule has 21 heavy (non-hydrogen) atoms. The Kier molecular flexibility index (Phi) is 6.14. The number of aromatic hydroxyl groups is 1. The fraction of sp³-hybridized carbons (Fsp3) is 0.533. The first-order valence-corrected chi connectivity index (χ1v) is 7.20. The third-order valence-corrected chi connectivity index (χ3v) is 3.56. The summed E-state index contributed by atoms with van der Waals surface area (Å²) < 4.78 is 0. The van der Waals surface area contributed by atoms with Crippen LogP contribution in [0.2, 0.25) is 0 Å². The van der Waals surface area contributed by atoms with Crippen molar-refractivity contribution in [3.63, 3.8) is 0 Å². The van der Waals surface area contributed by atoms with Crippen molar-refractivity contribution in [3.05, 3.63) is 33.9 Å². The number of carbonyl (C=O) groups excluding carboxylic acids is 1. The van der Waals surface area contributed by atoms with Crippen LogP contribution in [0.4, 0.5) is 5.69 Å². The first-order valence-electron chi connectivity index (χ1n) is 7.20. The smallest absolute Gasteiger partial charge is 0.310 e. The molecule has 1 unspecified atom stereocenters. The molecule has 1 aromatic rings. The van der Waals surface area contributed by atoms with Crippen LogP contribution in [0.1, 0.15) is 50.4 Å². The van der Waals surface area contributed by atoms with Crippen molar-refractivity contribution >= 4 is 11.6 Å². The van der Waals surface area contributed by atoms with E-state index in [0.717, 1.165) is 25.3 Å². The van der Waals surface area contributed by atoms with E-state index >= 15 is 0 Å². The third kappa shape index (κ3) is 4.18. The Morgan fingerprint density at radius 1 is 1.43 bits per heavy atom. The summed E-state index contributed by atoms with van der Waals surface area (Å²) in [5.41, 5.74) is -0.121. The summed E-state index contributed by atoms with van der Waals surface area (Å²) in [7, 11) is 0. The van der Waals surface area contributed by atoms with Gasteiger partial charge in [-0.2, -0.15) is 0 Å². The van der Waals surface area contributed by atoms with E-state index in [4.69, 9.17) is 0 Å². The van der Waals surface area contributed by atoms with Gasteiger partial charge >= 0.3 is 5.69 Å². The summed E-state index contributed by atoms with van der Waals surface area (Å²) in [5, 5.41) is 20.3. The zero-order chi connectivity index (χ0) is 16.0. The molecule has 0 aromatic heterocycles. The molecule has 0 aliphatic rings. The van der Waals surface area contributed by atoms with Crippen LogP contribution in [0.5, 0.6) is 5.75 Å². The van der Waals surface area contributed by atoms with Gasteiger partial charge in [-0.1, -0.05) is 20.3 Å². The molecular weight excluding hydrogens is 272 g/mol. The molecule has 116 valence electrons. The quantitative estimate of drug-likeness (QED) is 0.617. The van der Waals surface area contributed by atoms with Crippen LogP contribution in [0.15, 0.2) is 18.2 Å². The molecule has 0 spiro atoms. The number of carbonyl (C=O) groups is 1. The summed E-state index contributed by atoms with van der Waals surface area (Å²) in [4.78, 5) is 24.3. The normalized spacial score (nSPS) is 12.0. The van der Waals surface area contributed by atoms with Gasteiger partial charge in [0, 0.05) is 24.2 Å². The second-order valence-electron chi connectivity index (χ2n) is 5.07. The third-order valence-electron chi connectivity index (χ3n) is 3.56. The van der Waals surface area contributed by atoms with E-state index in [-0.39, 0.29) is 17.5 Å². The van der Waals surface area contributed by atoms with E-state index in [0.29, 0.717) is 6.54 Å². The number of rotatable bonds is 7. The maximum Gasteiger partial charge on any atom is 0.310 e. The van der Waals surface area contributed by atoms with E-state index in [1.807, 2.05) is 13.8 Å². The number of nitro groups is 1. The van der Waals surface area contributed by atoms with E-state index in [9.17, 15) is 20.0 Å². The van der Waals surface area contributed by atoms with Crippen LogP contribution in [0.3, 0.4) is 0 Å². The second-order valence-corrected chi connectivity index (χ2v) is 5.07. The van der Waals surface area contributed by atoms with Crippen LogP contribution in [-0.4, -0.2) is 33.4 Å². The standard InChI is InChI=1S/C15H22N2O4/c1-4-6-9-16(11(3)5-2)15(19)12-7-8-13(17(20)21)14(18)10-12/h7-8,10-11,18H,4-6,9H2,1-3H3. The van der Waals surface area contributed by atoms with Crippen LogP contribution >= 0.6 is 0 Å². The van der Waals surface area contributed by atoms with Crippen molar-refractivity contribution in [1.29, 1.82) is 0 Å². The summed E-state index contributed by atoms with van der Waals surface area (Å²) >= 11 is 0. The molecule has 1 aromatic carbocycles. The Morgan fingerprint density at radius 2 is 2.10 bits per heavy atom. The molecule has 0 saturated carbocycles. The fourth-order valence-corrected chi connectivity index (χ4v) is 2.05. The van der Waals surface area contributed by atoms with Gasteiger partial charge in [0.25, 0.3) is 5.91 Å². The molecule has 1 atom stereocenters. The maximum absolute atomic E-state index is 12.5. The lowest BCUT2D eigenvalue weighted by Crippen LogP contribution is -2.39. The number of benzene rings is 1. The SMILES string of the molecule is CCCCN(C(=O)c1ccc([N+](=O)[O-])c(O)c1)C(C)CC. The molecule has 0 aliphatic carbocycles. The topological polar surface area (TPSA) is 83.7 Å². The Hall–Kier alpha value is -2.11. The van der Waals surface area contributed by atoms with Crippen LogP contribution in [-0.2, 0) is 0 Å². The van der Waals surface area contributed by atoms with Gasteiger partial charge in [-0.25, -0.2) is 0 Å². The van der Waals surface area contributed by atoms with Crippen molar-refractivity contribution < 1.29 is 14.8 Å². The lowest BCUT2D eigenvalue weighted by molar-refractivity contribution is -0.385. The zero-order valence-electron chi connectivity index (χ0n) is 12.7. The average Bonchev–Trinajstić information content (AvgIpc) is 2.46. The number of nitrogens with zero attached hydrogens (tertiary/aromatic N) is 2. The Bertz CT molecular complexity index is 516. The molecule has 0 bridgehead atoms. The van der Waals surface area contributed by atoms with Gasteiger partial charge in [0.05, 0.1) is 4.92 Å². The lowest BCUT2D eigenvalue weighted by Gasteiger charge is -2.28. The first-order chi connectivity index (χ1) is 9.92. The summed E-state index contributed by atoms with van der Waals surface area (Å²) in [6, 6.07) is 3.81. The van der Waals surface area contributed by atoms with Crippen molar-refractivity contribution in [1.82, 2.24) is 4.90 Å². The number of hydrogen-bond acceptors (Lipinski definition) is 4. The Labute approximate surface area is 124 Å². The highest BCUT2D eigenvalue weighted by Gasteiger charge is 2.22. The zero-order valence-corrected chi connectivity index (χ0v) is 12.7. The van der Waals surface area contributed by atoms with Gasteiger partial charge in [0.15, 0.2) is 5.75 Å². The van der Waals surface area contributed by atoms with E-state index in [2.05, 4.69) is 6.92 Å².